The summed E-state index contributed by atoms with van der Waals surface area (Å²) in [7, 11) is 0. The molecule has 1 heterocycles. The number of carbonyl (C=O) groups is 3. The molecule has 0 aromatic heterocycles. The molecule has 0 aliphatic carbocycles. The standard InChI is InChI=1S/C17H21N3O4/c1-3-12(2)19(11-16(22)23)17(24)14-9-10-15(21)20(18-14)13-7-5-4-6-8-13/h4-8,12H,3,9-11H2,1-2H3,(H,22,23). The first-order valence-corrected chi connectivity index (χ1v) is 7.92. The van der Waals surface area contributed by atoms with Crippen molar-refractivity contribution in [3.05, 3.63) is 30.3 Å². The molecule has 1 aliphatic rings. The maximum atomic E-state index is 12.7. The lowest BCUT2D eigenvalue weighted by Gasteiger charge is -2.30. The van der Waals surface area contributed by atoms with Crippen molar-refractivity contribution in [3.8, 4) is 0 Å². The van der Waals surface area contributed by atoms with Gasteiger partial charge in [0.25, 0.3) is 5.91 Å². The van der Waals surface area contributed by atoms with E-state index in [1.54, 1.807) is 31.2 Å². The molecule has 1 aromatic rings. The van der Waals surface area contributed by atoms with E-state index in [4.69, 9.17) is 5.11 Å². The molecule has 0 fully saturated rings. The zero-order chi connectivity index (χ0) is 17.7. The van der Waals surface area contributed by atoms with Crippen molar-refractivity contribution in [1.29, 1.82) is 0 Å². The van der Waals surface area contributed by atoms with Gasteiger partial charge in [-0.25, -0.2) is 5.01 Å². The van der Waals surface area contributed by atoms with Gasteiger partial charge in [0, 0.05) is 18.9 Å². The van der Waals surface area contributed by atoms with E-state index in [9.17, 15) is 14.4 Å². The number of carboxylic acids is 1. The van der Waals surface area contributed by atoms with E-state index in [1.165, 1.54) is 9.91 Å². The molecule has 0 bridgehead atoms. The molecule has 0 radical (unpaired) electrons. The minimum Gasteiger partial charge on any atom is -0.480 e. The summed E-state index contributed by atoms with van der Waals surface area (Å²) in [6.07, 6.45) is 1.02. The smallest absolute Gasteiger partial charge is 0.323 e. The third kappa shape index (κ3) is 3.98. The Morgan fingerprint density at radius 1 is 1.29 bits per heavy atom. The second-order valence-corrected chi connectivity index (χ2v) is 5.67. The molecule has 0 spiro atoms. The van der Waals surface area contributed by atoms with Crippen LogP contribution >= 0.6 is 0 Å². The van der Waals surface area contributed by atoms with Crippen LogP contribution in [0.1, 0.15) is 33.1 Å². The van der Waals surface area contributed by atoms with Crippen LogP contribution in [0, 0.1) is 0 Å². The number of amides is 2. The van der Waals surface area contributed by atoms with Crippen LogP contribution in [0.2, 0.25) is 0 Å². The van der Waals surface area contributed by atoms with E-state index in [1.807, 2.05) is 13.0 Å². The number of carboxylic acid groups (broad SMARTS) is 1. The third-order valence-electron chi connectivity index (χ3n) is 3.97. The first-order chi connectivity index (χ1) is 11.4. The van der Waals surface area contributed by atoms with Gasteiger partial charge >= 0.3 is 5.97 Å². The van der Waals surface area contributed by atoms with Crippen molar-refractivity contribution in [1.82, 2.24) is 4.90 Å². The number of para-hydroxylation sites is 1. The largest absolute Gasteiger partial charge is 0.480 e. The van der Waals surface area contributed by atoms with Gasteiger partial charge in [0.05, 0.1) is 5.69 Å². The van der Waals surface area contributed by atoms with Crippen LogP contribution in [-0.4, -0.2) is 46.1 Å². The molecule has 1 unspecified atom stereocenters. The van der Waals surface area contributed by atoms with E-state index in [0.29, 0.717) is 12.1 Å². The Hall–Kier alpha value is -2.70. The van der Waals surface area contributed by atoms with Crippen molar-refractivity contribution in [2.24, 2.45) is 5.10 Å². The zero-order valence-electron chi connectivity index (χ0n) is 13.8. The van der Waals surface area contributed by atoms with Crippen LogP contribution in [0.4, 0.5) is 5.69 Å². The Kier molecular flexibility index (Phi) is 5.68. The molecule has 1 aliphatic heterocycles. The Bertz CT molecular complexity index is 657. The fraction of sp³-hybridized carbons (Fsp3) is 0.412. The van der Waals surface area contributed by atoms with Crippen molar-refractivity contribution in [3.63, 3.8) is 0 Å². The predicted octanol–water partition coefficient (Wildman–Crippen LogP) is 1.88. The van der Waals surface area contributed by atoms with E-state index in [0.717, 1.165) is 0 Å². The molecule has 7 nitrogen and oxygen atoms in total. The summed E-state index contributed by atoms with van der Waals surface area (Å²) < 4.78 is 0. The first-order valence-electron chi connectivity index (χ1n) is 7.92. The molecule has 128 valence electrons. The highest BCUT2D eigenvalue weighted by atomic mass is 16.4. The van der Waals surface area contributed by atoms with Crippen LogP contribution in [0.5, 0.6) is 0 Å². The Morgan fingerprint density at radius 2 is 1.96 bits per heavy atom. The zero-order valence-corrected chi connectivity index (χ0v) is 13.8. The van der Waals surface area contributed by atoms with Gasteiger partial charge in [0.2, 0.25) is 5.91 Å². The Labute approximate surface area is 140 Å². The highest BCUT2D eigenvalue weighted by Crippen LogP contribution is 2.20. The van der Waals surface area contributed by atoms with E-state index in [2.05, 4.69) is 5.10 Å². The SMILES string of the molecule is CCC(C)N(CC(=O)O)C(=O)C1=NN(c2ccccc2)C(=O)CC1. The van der Waals surface area contributed by atoms with Crippen LogP contribution in [0.25, 0.3) is 0 Å². The Morgan fingerprint density at radius 3 is 2.54 bits per heavy atom. The molecule has 0 saturated heterocycles. The molecule has 24 heavy (non-hydrogen) atoms. The van der Waals surface area contributed by atoms with Crippen molar-refractivity contribution in [2.45, 2.75) is 39.2 Å². The molecule has 1 aromatic carbocycles. The number of benzene rings is 1. The lowest BCUT2D eigenvalue weighted by atomic mass is 10.1. The fourth-order valence-corrected chi connectivity index (χ4v) is 2.44. The van der Waals surface area contributed by atoms with Gasteiger partial charge in [0.15, 0.2) is 0 Å². The number of hydrazone groups is 1. The van der Waals surface area contributed by atoms with Crippen molar-refractivity contribution in [2.75, 3.05) is 11.6 Å². The number of nitrogens with zero attached hydrogens (tertiary/aromatic N) is 3. The minimum absolute atomic E-state index is 0.168. The maximum absolute atomic E-state index is 12.7. The second kappa shape index (κ2) is 7.72. The monoisotopic (exact) mass is 331 g/mol. The normalized spacial score (nSPS) is 15.7. The van der Waals surface area contributed by atoms with Gasteiger partial charge in [-0.2, -0.15) is 5.10 Å². The van der Waals surface area contributed by atoms with Crippen molar-refractivity contribution < 1.29 is 19.5 Å². The van der Waals surface area contributed by atoms with Gasteiger partial charge in [-0.3, -0.25) is 14.4 Å². The average molecular weight is 331 g/mol. The summed E-state index contributed by atoms with van der Waals surface area (Å²) in [4.78, 5) is 37.2. The highest BCUT2D eigenvalue weighted by molar-refractivity contribution is 6.40. The van der Waals surface area contributed by atoms with Crippen LogP contribution in [0.3, 0.4) is 0 Å². The summed E-state index contributed by atoms with van der Waals surface area (Å²) in [5.74, 6) is -1.69. The Balaban J connectivity index is 2.29. The summed E-state index contributed by atoms with van der Waals surface area (Å²) in [5.41, 5.74) is 0.792. The van der Waals surface area contributed by atoms with E-state index in [-0.39, 0.29) is 37.0 Å². The van der Waals surface area contributed by atoms with Crippen LogP contribution in [0.15, 0.2) is 35.4 Å². The number of aliphatic carboxylic acids is 1. The molecule has 7 heteroatoms. The lowest BCUT2D eigenvalue weighted by molar-refractivity contribution is -0.143. The van der Waals surface area contributed by atoms with Crippen molar-refractivity contribution >= 4 is 29.2 Å². The van der Waals surface area contributed by atoms with E-state index >= 15 is 0 Å². The summed E-state index contributed by atoms with van der Waals surface area (Å²) >= 11 is 0. The number of rotatable bonds is 6. The molecule has 1 atom stereocenters. The molecular weight excluding hydrogens is 310 g/mol. The van der Waals surface area contributed by atoms with Gasteiger partial charge < -0.3 is 10.0 Å². The molecule has 2 rings (SSSR count). The summed E-state index contributed by atoms with van der Waals surface area (Å²) in [6.45, 7) is 3.30. The topological polar surface area (TPSA) is 90.3 Å². The summed E-state index contributed by atoms with van der Waals surface area (Å²) in [6, 6.07) is 8.63. The maximum Gasteiger partial charge on any atom is 0.323 e. The minimum atomic E-state index is -1.07. The third-order valence-corrected chi connectivity index (χ3v) is 3.97. The van der Waals surface area contributed by atoms with Crippen LogP contribution < -0.4 is 5.01 Å². The van der Waals surface area contributed by atoms with Gasteiger partial charge in [-0.15, -0.1) is 0 Å². The van der Waals surface area contributed by atoms with Gasteiger partial charge in [0.1, 0.15) is 12.3 Å². The average Bonchev–Trinajstić information content (AvgIpc) is 2.59. The first kappa shape index (κ1) is 17.7. The lowest BCUT2D eigenvalue weighted by Crippen LogP contribution is -2.47. The van der Waals surface area contributed by atoms with Crippen LogP contribution in [-0.2, 0) is 14.4 Å². The summed E-state index contributed by atoms with van der Waals surface area (Å²) in [5, 5.41) is 14.5. The van der Waals surface area contributed by atoms with Gasteiger partial charge in [-0.1, -0.05) is 25.1 Å². The quantitative estimate of drug-likeness (QED) is 0.862. The number of anilines is 1. The van der Waals surface area contributed by atoms with Gasteiger partial charge in [-0.05, 0) is 25.5 Å². The molecule has 1 N–H and O–H groups in total. The molecular formula is C17H21N3O4. The number of hydrogen-bond donors (Lipinski definition) is 1. The predicted molar refractivity (Wildman–Crippen MR) is 89.7 cm³/mol. The van der Waals surface area contributed by atoms with E-state index < -0.39 is 11.9 Å². The molecule has 2 amide bonds. The second-order valence-electron chi connectivity index (χ2n) is 5.67. The highest BCUT2D eigenvalue weighted by Gasteiger charge is 2.30. The fourth-order valence-electron chi connectivity index (χ4n) is 2.44. The number of carbonyl (C=O) groups excluding carboxylic acids is 2. The number of hydrogen-bond acceptors (Lipinski definition) is 4. The molecule has 0 saturated carbocycles.